The lowest BCUT2D eigenvalue weighted by molar-refractivity contribution is 0.0975. The molecule has 0 spiro atoms. The van der Waals surface area contributed by atoms with Gasteiger partial charge in [0, 0.05) is 11.3 Å². The Hall–Kier alpha value is -2.44. The van der Waals surface area contributed by atoms with Crippen molar-refractivity contribution in [2.75, 3.05) is 5.32 Å². The van der Waals surface area contributed by atoms with Crippen molar-refractivity contribution in [1.82, 2.24) is 5.32 Å². The number of nitrogens with one attached hydrogen (secondary N) is 2. The number of hydrogen-bond donors (Lipinski definition) is 3. The van der Waals surface area contributed by atoms with E-state index < -0.39 is 11.8 Å². The molecule has 0 aliphatic rings. The van der Waals surface area contributed by atoms with Gasteiger partial charge in [-0.05, 0) is 48.6 Å². The monoisotopic (exact) mass is 333 g/mol. The zero-order valence-corrected chi connectivity index (χ0v) is 12.9. The zero-order valence-electron chi connectivity index (χ0n) is 11.3. The molecule has 0 aromatic heterocycles. The first kappa shape index (κ1) is 15.9. The maximum Gasteiger partial charge on any atom is 0.258 e. The van der Waals surface area contributed by atoms with Crippen LogP contribution in [-0.4, -0.2) is 16.9 Å². The van der Waals surface area contributed by atoms with Gasteiger partial charge in [-0.25, -0.2) is 0 Å². The molecule has 0 saturated carbocycles. The number of nitrogens with two attached hydrogens (primary N) is 1. The van der Waals surface area contributed by atoms with E-state index in [0.717, 1.165) is 0 Å². The van der Waals surface area contributed by atoms with E-state index in [0.29, 0.717) is 21.8 Å². The molecule has 5 nitrogen and oxygen atoms in total. The lowest BCUT2D eigenvalue weighted by Gasteiger charge is -2.10. The van der Waals surface area contributed by atoms with Crippen molar-refractivity contribution in [3.8, 4) is 0 Å². The molecule has 0 aliphatic carbocycles. The molecular weight excluding hydrogens is 322 g/mol. The number of hydrogen-bond acceptors (Lipinski definition) is 3. The zero-order chi connectivity index (χ0) is 16.1. The van der Waals surface area contributed by atoms with Crippen molar-refractivity contribution < 1.29 is 9.59 Å². The van der Waals surface area contributed by atoms with Gasteiger partial charge < -0.3 is 11.1 Å². The molecule has 2 aromatic rings. The Morgan fingerprint density at radius 1 is 1.05 bits per heavy atom. The second-order valence-corrected chi connectivity index (χ2v) is 5.15. The molecule has 0 saturated heterocycles. The smallest absolute Gasteiger partial charge is 0.258 e. The van der Waals surface area contributed by atoms with Crippen LogP contribution < -0.4 is 16.4 Å². The molecule has 0 heterocycles. The largest absolute Gasteiger partial charge is 0.366 e. The second-order valence-electron chi connectivity index (χ2n) is 4.33. The van der Waals surface area contributed by atoms with Crippen LogP contribution in [0.15, 0.2) is 48.5 Å². The molecular formula is C15H12ClN3O2S. The number of carbonyl (C=O) groups is 2. The number of anilines is 1. The summed E-state index contributed by atoms with van der Waals surface area (Å²) in [6.45, 7) is 0. The minimum atomic E-state index is -0.513. The maximum atomic E-state index is 12.0. The number of benzene rings is 2. The standard InChI is InChI=1S/C15H12ClN3O2S/c16-12-4-2-1-3-11(12)14(21)19-15(22)18-10-7-5-9(6-8-10)13(17)20/h1-8H,(H2,17,20)(H2,18,19,21,22). The van der Waals surface area contributed by atoms with Crippen molar-refractivity contribution >= 4 is 46.4 Å². The first-order valence-electron chi connectivity index (χ1n) is 6.24. The predicted molar refractivity (Wildman–Crippen MR) is 90.1 cm³/mol. The van der Waals surface area contributed by atoms with Crippen LogP contribution in [0.3, 0.4) is 0 Å². The minimum absolute atomic E-state index is 0.122. The van der Waals surface area contributed by atoms with Crippen molar-refractivity contribution in [3.63, 3.8) is 0 Å². The van der Waals surface area contributed by atoms with E-state index >= 15 is 0 Å². The molecule has 0 fully saturated rings. The van der Waals surface area contributed by atoms with Crippen LogP contribution in [0.1, 0.15) is 20.7 Å². The highest BCUT2D eigenvalue weighted by Crippen LogP contribution is 2.14. The predicted octanol–water partition coefficient (Wildman–Crippen LogP) is 2.57. The van der Waals surface area contributed by atoms with Gasteiger partial charge in [0.2, 0.25) is 5.91 Å². The van der Waals surface area contributed by atoms with E-state index in [4.69, 9.17) is 29.6 Å². The molecule has 22 heavy (non-hydrogen) atoms. The molecule has 0 radical (unpaired) electrons. The quantitative estimate of drug-likeness (QED) is 0.754. The molecule has 112 valence electrons. The fourth-order valence-corrected chi connectivity index (χ4v) is 2.13. The van der Waals surface area contributed by atoms with Gasteiger partial charge in [0.25, 0.3) is 5.91 Å². The molecule has 0 aliphatic heterocycles. The molecule has 0 atom stereocenters. The van der Waals surface area contributed by atoms with Crippen LogP contribution in [0.25, 0.3) is 0 Å². The third-order valence-electron chi connectivity index (χ3n) is 2.77. The summed E-state index contributed by atoms with van der Waals surface area (Å²) in [5, 5.41) is 5.82. The van der Waals surface area contributed by atoms with E-state index in [2.05, 4.69) is 10.6 Å². The van der Waals surface area contributed by atoms with E-state index in [-0.39, 0.29) is 5.11 Å². The lowest BCUT2D eigenvalue weighted by atomic mass is 10.2. The normalized spacial score (nSPS) is 9.86. The number of halogens is 1. The van der Waals surface area contributed by atoms with Crippen LogP contribution in [0, 0.1) is 0 Å². The minimum Gasteiger partial charge on any atom is -0.366 e. The van der Waals surface area contributed by atoms with Gasteiger partial charge in [0.15, 0.2) is 5.11 Å². The summed E-state index contributed by atoms with van der Waals surface area (Å²) < 4.78 is 0. The first-order chi connectivity index (χ1) is 10.5. The Balaban J connectivity index is 1.99. The molecule has 0 bridgehead atoms. The molecule has 2 aromatic carbocycles. The Kier molecular flexibility index (Phi) is 5.08. The van der Waals surface area contributed by atoms with Crippen LogP contribution >= 0.6 is 23.8 Å². The van der Waals surface area contributed by atoms with Gasteiger partial charge in [0.05, 0.1) is 10.6 Å². The molecule has 2 amide bonds. The van der Waals surface area contributed by atoms with Gasteiger partial charge in [-0.15, -0.1) is 0 Å². The van der Waals surface area contributed by atoms with Crippen LogP contribution in [-0.2, 0) is 0 Å². The summed E-state index contributed by atoms with van der Waals surface area (Å²) in [7, 11) is 0. The van der Waals surface area contributed by atoms with Crippen molar-refractivity contribution in [1.29, 1.82) is 0 Å². The number of thiocarbonyl (C=S) groups is 1. The van der Waals surface area contributed by atoms with Gasteiger partial charge in [-0.2, -0.15) is 0 Å². The van der Waals surface area contributed by atoms with E-state index in [1.54, 1.807) is 48.5 Å². The number of rotatable bonds is 3. The average Bonchev–Trinajstić information content (AvgIpc) is 2.48. The topological polar surface area (TPSA) is 84.2 Å². The third-order valence-corrected chi connectivity index (χ3v) is 3.31. The summed E-state index contributed by atoms with van der Waals surface area (Å²) in [6.07, 6.45) is 0. The molecule has 0 unspecified atom stereocenters. The Morgan fingerprint density at radius 3 is 2.27 bits per heavy atom. The highest BCUT2D eigenvalue weighted by atomic mass is 35.5. The van der Waals surface area contributed by atoms with Crippen LogP contribution in [0.5, 0.6) is 0 Å². The lowest BCUT2D eigenvalue weighted by Crippen LogP contribution is -2.34. The van der Waals surface area contributed by atoms with Crippen LogP contribution in [0.2, 0.25) is 5.02 Å². The summed E-state index contributed by atoms with van der Waals surface area (Å²) in [4.78, 5) is 23.0. The molecule has 4 N–H and O–H groups in total. The molecule has 7 heteroatoms. The number of amides is 2. The van der Waals surface area contributed by atoms with E-state index in [1.165, 1.54) is 0 Å². The average molecular weight is 334 g/mol. The molecule has 2 rings (SSSR count). The van der Waals surface area contributed by atoms with Gasteiger partial charge in [-0.1, -0.05) is 23.7 Å². The number of carbonyl (C=O) groups excluding carboxylic acids is 2. The SMILES string of the molecule is NC(=O)c1ccc(NC(=S)NC(=O)c2ccccc2Cl)cc1. The maximum absolute atomic E-state index is 12.0. The summed E-state index contributed by atoms with van der Waals surface area (Å²) >= 11 is 11.0. The van der Waals surface area contributed by atoms with Crippen molar-refractivity contribution in [2.24, 2.45) is 5.73 Å². The first-order valence-corrected chi connectivity index (χ1v) is 7.02. The van der Waals surface area contributed by atoms with Gasteiger partial charge in [0.1, 0.15) is 0 Å². The second kappa shape index (κ2) is 7.02. The van der Waals surface area contributed by atoms with Crippen molar-refractivity contribution in [3.05, 3.63) is 64.7 Å². The summed E-state index contributed by atoms with van der Waals surface area (Å²) in [5.74, 6) is -0.919. The summed E-state index contributed by atoms with van der Waals surface area (Å²) in [6, 6.07) is 13.0. The van der Waals surface area contributed by atoms with Gasteiger partial charge in [-0.3, -0.25) is 14.9 Å². The number of primary amides is 1. The fraction of sp³-hybridized carbons (Fsp3) is 0. The summed E-state index contributed by atoms with van der Waals surface area (Å²) in [5.41, 5.74) is 6.49. The Morgan fingerprint density at radius 2 is 1.68 bits per heavy atom. The highest BCUT2D eigenvalue weighted by Gasteiger charge is 2.11. The fourth-order valence-electron chi connectivity index (χ4n) is 1.70. The highest BCUT2D eigenvalue weighted by molar-refractivity contribution is 7.80. The van der Waals surface area contributed by atoms with E-state index in [9.17, 15) is 9.59 Å². The van der Waals surface area contributed by atoms with Crippen molar-refractivity contribution in [2.45, 2.75) is 0 Å². The Labute approximate surface area is 137 Å². The van der Waals surface area contributed by atoms with Gasteiger partial charge >= 0.3 is 0 Å². The van der Waals surface area contributed by atoms with E-state index in [1.807, 2.05) is 0 Å². The van der Waals surface area contributed by atoms with Crippen LogP contribution in [0.4, 0.5) is 5.69 Å². The third kappa shape index (κ3) is 4.03. The Bertz CT molecular complexity index is 732.